The van der Waals surface area contributed by atoms with Crippen LogP contribution in [0.2, 0.25) is 0 Å². The summed E-state index contributed by atoms with van der Waals surface area (Å²) in [5.41, 5.74) is 3.09. The molecule has 0 amide bonds. The summed E-state index contributed by atoms with van der Waals surface area (Å²) in [4.78, 5) is 10.6. The molecule has 0 aromatic heterocycles. The van der Waals surface area contributed by atoms with E-state index < -0.39 is 0 Å². The van der Waals surface area contributed by atoms with E-state index in [1.54, 1.807) is 12.1 Å². The van der Waals surface area contributed by atoms with Gasteiger partial charge in [-0.15, -0.1) is 0 Å². The molecule has 0 radical (unpaired) electrons. The zero-order chi connectivity index (χ0) is 13.5. The second kappa shape index (κ2) is 4.60. The standard InChI is InChI=1S/C15H20N2O2/c1-11-9-15(6-2-3-7-15)16-10-12-8-13(17(18)19)4-5-14(11)12/h4-5,8,11,16H,2-3,6-7,9-10H2,1H3/p+1/t11-/m1/s1. The maximum Gasteiger partial charge on any atom is 0.269 e. The molecule has 1 atom stereocenters. The van der Waals surface area contributed by atoms with Crippen molar-refractivity contribution >= 4 is 5.69 Å². The van der Waals surface area contributed by atoms with Gasteiger partial charge in [-0.05, 0) is 24.3 Å². The van der Waals surface area contributed by atoms with Crippen LogP contribution < -0.4 is 5.32 Å². The van der Waals surface area contributed by atoms with Gasteiger partial charge in [-0.2, -0.15) is 0 Å². The Labute approximate surface area is 113 Å². The molecular weight excluding hydrogens is 240 g/mol. The summed E-state index contributed by atoms with van der Waals surface area (Å²) >= 11 is 0. The number of nitrogens with zero attached hydrogens (tertiary/aromatic N) is 1. The number of non-ortho nitro benzene ring substituents is 1. The Bertz CT molecular complexity index is 507. The first-order valence-corrected chi connectivity index (χ1v) is 7.21. The summed E-state index contributed by atoms with van der Waals surface area (Å²) in [6.45, 7) is 3.16. The zero-order valence-corrected chi connectivity index (χ0v) is 11.4. The van der Waals surface area contributed by atoms with E-state index in [4.69, 9.17) is 0 Å². The Morgan fingerprint density at radius 1 is 1.37 bits per heavy atom. The Morgan fingerprint density at radius 2 is 2.11 bits per heavy atom. The number of quaternary nitrogens is 1. The number of nitro benzene ring substituents is 1. The minimum absolute atomic E-state index is 0.224. The van der Waals surface area contributed by atoms with Gasteiger partial charge in [0.25, 0.3) is 5.69 Å². The van der Waals surface area contributed by atoms with E-state index >= 15 is 0 Å². The highest BCUT2D eigenvalue weighted by molar-refractivity contribution is 5.41. The summed E-state index contributed by atoms with van der Waals surface area (Å²) in [5, 5.41) is 13.3. The minimum atomic E-state index is -0.291. The summed E-state index contributed by atoms with van der Waals surface area (Å²) < 4.78 is 0. The second-order valence-corrected chi connectivity index (χ2v) is 6.22. The monoisotopic (exact) mass is 261 g/mol. The van der Waals surface area contributed by atoms with Crippen LogP contribution in [-0.4, -0.2) is 10.5 Å². The lowest BCUT2D eigenvalue weighted by atomic mass is 9.84. The fourth-order valence-corrected chi connectivity index (χ4v) is 3.98. The quantitative estimate of drug-likeness (QED) is 0.623. The SMILES string of the molecule is C[C@@H]1CC2(CCCC2)[NH2+]Cc2cc([N+](=O)[O-])ccc21. The van der Waals surface area contributed by atoms with Crippen molar-refractivity contribution in [2.75, 3.05) is 0 Å². The third kappa shape index (κ3) is 2.25. The average molecular weight is 261 g/mol. The third-order valence-corrected chi connectivity index (χ3v) is 4.94. The molecule has 1 aliphatic carbocycles. The molecule has 0 unspecified atom stereocenters. The van der Waals surface area contributed by atoms with Crippen LogP contribution in [-0.2, 0) is 6.54 Å². The molecule has 1 heterocycles. The smallest absolute Gasteiger partial charge is 0.269 e. The summed E-state index contributed by atoms with van der Waals surface area (Å²) in [6, 6.07) is 5.40. The molecule has 1 aromatic carbocycles. The number of hydrogen-bond acceptors (Lipinski definition) is 2. The Hall–Kier alpha value is -1.42. The van der Waals surface area contributed by atoms with Crippen molar-refractivity contribution in [3.05, 3.63) is 39.4 Å². The Kier molecular flexibility index (Phi) is 3.05. The predicted octanol–water partition coefficient (Wildman–Crippen LogP) is 2.48. The van der Waals surface area contributed by atoms with Gasteiger partial charge in [0.15, 0.2) is 0 Å². The fourth-order valence-electron chi connectivity index (χ4n) is 3.98. The van der Waals surface area contributed by atoms with Crippen molar-refractivity contribution in [1.82, 2.24) is 0 Å². The molecule has 1 aromatic rings. The molecule has 4 heteroatoms. The lowest BCUT2D eigenvalue weighted by Gasteiger charge is -2.26. The highest BCUT2D eigenvalue weighted by atomic mass is 16.6. The number of nitro groups is 1. The van der Waals surface area contributed by atoms with Crippen molar-refractivity contribution in [2.24, 2.45) is 0 Å². The summed E-state index contributed by atoms with van der Waals surface area (Å²) in [6.07, 6.45) is 6.47. The van der Waals surface area contributed by atoms with Crippen molar-refractivity contribution < 1.29 is 10.2 Å². The molecule has 1 saturated carbocycles. The van der Waals surface area contributed by atoms with E-state index in [1.807, 2.05) is 6.07 Å². The van der Waals surface area contributed by atoms with Crippen LogP contribution in [0.3, 0.4) is 0 Å². The molecule has 1 aliphatic heterocycles. The van der Waals surface area contributed by atoms with Crippen molar-refractivity contribution in [3.63, 3.8) is 0 Å². The molecule has 0 saturated heterocycles. The van der Waals surface area contributed by atoms with Gasteiger partial charge in [-0.3, -0.25) is 10.1 Å². The number of rotatable bonds is 1. The maximum absolute atomic E-state index is 10.9. The minimum Gasteiger partial charge on any atom is -0.338 e. The number of hydrogen-bond donors (Lipinski definition) is 1. The van der Waals surface area contributed by atoms with Crippen LogP contribution in [0.1, 0.15) is 56.1 Å². The van der Waals surface area contributed by atoms with E-state index in [0.29, 0.717) is 11.5 Å². The van der Waals surface area contributed by atoms with E-state index in [-0.39, 0.29) is 10.6 Å². The number of fused-ring (bicyclic) bond motifs is 1. The molecule has 1 fully saturated rings. The molecule has 0 bridgehead atoms. The van der Waals surface area contributed by atoms with Gasteiger partial charge in [0.1, 0.15) is 6.54 Å². The van der Waals surface area contributed by atoms with Crippen molar-refractivity contribution in [1.29, 1.82) is 0 Å². The second-order valence-electron chi connectivity index (χ2n) is 6.22. The van der Waals surface area contributed by atoms with Crippen LogP contribution in [0, 0.1) is 10.1 Å². The lowest BCUT2D eigenvalue weighted by Crippen LogP contribution is -2.94. The molecule has 1 spiro atoms. The molecular formula is C15H21N2O2+. The lowest BCUT2D eigenvalue weighted by molar-refractivity contribution is -0.740. The van der Waals surface area contributed by atoms with Crippen molar-refractivity contribution in [3.8, 4) is 0 Å². The number of benzene rings is 1. The maximum atomic E-state index is 10.9. The van der Waals surface area contributed by atoms with Crippen LogP contribution in [0.25, 0.3) is 0 Å². The summed E-state index contributed by atoms with van der Waals surface area (Å²) in [5.74, 6) is 0.507. The van der Waals surface area contributed by atoms with E-state index in [0.717, 1.165) is 12.1 Å². The van der Waals surface area contributed by atoms with Crippen LogP contribution in [0.5, 0.6) is 0 Å². The first-order valence-electron chi connectivity index (χ1n) is 7.21. The molecule has 3 rings (SSSR count). The van der Waals surface area contributed by atoms with Crippen LogP contribution in [0.4, 0.5) is 5.69 Å². The van der Waals surface area contributed by atoms with Gasteiger partial charge in [-0.1, -0.05) is 13.0 Å². The molecule has 4 nitrogen and oxygen atoms in total. The first-order chi connectivity index (χ1) is 9.10. The molecule has 2 aliphatic rings. The number of nitrogens with two attached hydrogens (primary N) is 1. The van der Waals surface area contributed by atoms with Gasteiger partial charge in [0, 0.05) is 37.0 Å². The topological polar surface area (TPSA) is 59.8 Å². The molecule has 102 valence electrons. The first kappa shape index (κ1) is 12.6. The zero-order valence-electron chi connectivity index (χ0n) is 11.4. The van der Waals surface area contributed by atoms with Crippen molar-refractivity contribution in [2.45, 2.75) is 57.0 Å². The Morgan fingerprint density at radius 3 is 2.79 bits per heavy atom. The van der Waals surface area contributed by atoms with Gasteiger partial charge in [0.2, 0.25) is 0 Å². The average Bonchev–Trinajstić information content (AvgIpc) is 2.79. The van der Waals surface area contributed by atoms with Gasteiger partial charge in [-0.25, -0.2) is 0 Å². The van der Waals surface area contributed by atoms with Crippen LogP contribution >= 0.6 is 0 Å². The molecule has 2 N–H and O–H groups in total. The van der Waals surface area contributed by atoms with Gasteiger partial charge >= 0.3 is 0 Å². The van der Waals surface area contributed by atoms with E-state index in [2.05, 4.69) is 12.2 Å². The highest BCUT2D eigenvalue weighted by Gasteiger charge is 2.41. The normalized spacial score (nSPS) is 25.0. The van der Waals surface area contributed by atoms with E-state index in [1.165, 1.54) is 37.7 Å². The van der Waals surface area contributed by atoms with Gasteiger partial charge in [0.05, 0.1) is 10.5 Å². The van der Waals surface area contributed by atoms with Crippen LogP contribution in [0.15, 0.2) is 18.2 Å². The third-order valence-electron chi connectivity index (χ3n) is 4.94. The van der Waals surface area contributed by atoms with E-state index in [9.17, 15) is 10.1 Å². The predicted molar refractivity (Wildman–Crippen MR) is 73.0 cm³/mol. The molecule has 19 heavy (non-hydrogen) atoms. The van der Waals surface area contributed by atoms with Gasteiger partial charge < -0.3 is 5.32 Å². The Balaban J connectivity index is 1.94. The fraction of sp³-hybridized carbons (Fsp3) is 0.600. The summed E-state index contributed by atoms with van der Waals surface area (Å²) in [7, 11) is 0. The largest absolute Gasteiger partial charge is 0.338 e. The highest BCUT2D eigenvalue weighted by Crippen LogP contribution is 2.38.